The normalized spacial score (nSPS) is 17.2. The molecule has 0 aliphatic carbocycles. The molecule has 2 aliphatic heterocycles. The second-order valence-electron chi connectivity index (χ2n) is 12.6. The Morgan fingerprint density at radius 3 is 2.24 bits per heavy atom. The molecule has 0 saturated carbocycles. The van der Waals surface area contributed by atoms with Crippen LogP contribution in [0.1, 0.15) is 39.9 Å². The van der Waals surface area contributed by atoms with Gasteiger partial charge in [-0.05, 0) is 53.9 Å². The maximum absolute atomic E-state index is 12.5. The molecule has 260 valence electrons. The monoisotopic (exact) mass is 741 g/mol. The smallest absolute Gasteiger partial charge is 0.211 e. The lowest BCUT2D eigenvalue weighted by atomic mass is 10.0. The minimum atomic E-state index is -3.38. The molecule has 0 amide bonds. The summed E-state index contributed by atoms with van der Waals surface area (Å²) in [6.45, 7) is 5.01. The fourth-order valence-electron chi connectivity index (χ4n) is 6.17. The maximum Gasteiger partial charge on any atom is 0.211 e. The van der Waals surface area contributed by atoms with E-state index in [2.05, 4.69) is 34.2 Å². The molecule has 1 fully saturated rings. The first kappa shape index (κ1) is 35.9. The summed E-state index contributed by atoms with van der Waals surface area (Å²) in [7, 11) is -5.81. The van der Waals surface area contributed by atoms with E-state index in [0.29, 0.717) is 54.7 Å². The van der Waals surface area contributed by atoms with E-state index in [-0.39, 0.29) is 6.54 Å². The van der Waals surface area contributed by atoms with Crippen molar-refractivity contribution in [1.29, 1.82) is 0 Å². The Balaban J connectivity index is 1.17. The topological polar surface area (TPSA) is 111 Å². The average Bonchev–Trinajstić information content (AvgIpc) is 3.44. The number of halogens is 2. The van der Waals surface area contributed by atoms with E-state index in [4.69, 9.17) is 28.3 Å². The van der Waals surface area contributed by atoms with E-state index < -0.39 is 20.6 Å². The maximum atomic E-state index is 12.5. The first-order chi connectivity index (χ1) is 23.4. The summed E-state index contributed by atoms with van der Waals surface area (Å²) in [6.07, 6.45) is 2.67. The van der Waals surface area contributed by atoms with Crippen molar-refractivity contribution in [2.45, 2.75) is 39.0 Å². The summed E-state index contributed by atoms with van der Waals surface area (Å²) >= 11 is 12.6. The molecule has 49 heavy (non-hydrogen) atoms. The second-order valence-corrected chi connectivity index (χ2v) is 17.9. The molecule has 13 heteroatoms. The highest BCUT2D eigenvalue weighted by Gasteiger charge is 2.30. The Bertz CT molecular complexity index is 1950. The molecule has 6 rings (SSSR count). The SMILES string of the molecule is CS(=O)(=O)N1CCc2c(c(-c3ccc(Cl)c(C#Cc4ccc(CNCc5ccc(Cl)cc5)cc4)c3)nn2CCCN2CCS(O)(O)CC2)C1. The number of hydrogen-bond donors (Lipinski definition) is 3. The Kier molecular flexibility index (Phi) is 11.4. The molecule has 1 aromatic heterocycles. The Labute approximate surface area is 300 Å². The van der Waals surface area contributed by atoms with Crippen LogP contribution in [0, 0.1) is 11.8 Å². The van der Waals surface area contributed by atoms with Crippen LogP contribution >= 0.6 is 33.8 Å². The van der Waals surface area contributed by atoms with Crippen molar-refractivity contribution >= 4 is 43.8 Å². The van der Waals surface area contributed by atoms with Gasteiger partial charge in [0, 0.05) is 91.7 Å². The number of sulfonamides is 1. The summed E-state index contributed by atoms with van der Waals surface area (Å²) < 4.78 is 48.5. The van der Waals surface area contributed by atoms with Gasteiger partial charge in [-0.25, -0.2) is 8.42 Å². The van der Waals surface area contributed by atoms with Crippen LogP contribution in [0.5, 0.6) is 0 Å². The quantitative estimate of drug-likeness (QED) is 0.163. The molecule has 3 heterocycles. The number of benzene rings is 3. The lowest BCUT2D eigenvalue weighted by Crippen LogP contribution is -2.39. The van der Waals surface area contributed by atoms with E-state index >= 15 is 0 Å². The standard InChI is InChI=1S/C36H41Cl2N5O4S2/c1-48(44,45)42-18-15-35-33(26-42)36(40-43(35)17-2-16-41-19-21-49(46,47)22-20-41)31-11-14-34(38)30(23-31)10-7-27-3-5-28(6-4-27)24-39-25-29-8-12-32(37)13-9-29/h3-6,8-9,11-14,23,39,46-47H,2,15-22,24-26H2,1H3. The largest absolute Gasteiger partial charge is 0.309 e. The number of nitrogens with zero attached hydrogens (tertiary/aromatic N) is 4. The molecule has 2 aliphatic rings. The predicted molar refractivity (Wildman–Crippen MR) is 200 cm³/mol. The Morgan fingerprint density at radius 1 is 0.898 bits per heavy atom. The van der Waals surface area contributed by atoms with Crippen LogP contribution < -0.4 is 5.32 Å². The van der Waals surface area contributed by atoms with Crippen LogP contribution in [0.3, 0.4) is 0 Å². The highest BCUT2D eigenvalue weighted by Crippen LogP contribution is 2.40. The molecule has 0 atom stereocenters. The Hall–Kier alpha value is -2.89. The minimum Gasteiger partial charge on any atom is -0.309 e. The first-order valence-electron chi connectivity index (χ1n) is 16.3. The molecule has 4 aromatic rings. The van der Waals surface area contributed by atoms with Gasteiger partial charge in [-0.1, -0.05) is 65.4 Å². The number of fused-ring (bicyclic) bond motifs is 1. The number of aryl methyl sites for hydroxylation is 1. The summed E-state index contributed by atoms with van der Waals surface area (Å²) in [5.74, 6) is 7.32. The van der Waals surface area contributed by atoms with Crippen LogP contribution in [0.15, 0.2) is 66.7 Å². The number of aromatic nitrogens is 2. The van der Waals surface area contributed by atoms with Gasteiger partial charge in [-0.2, -0.15) is 20.0 Å². The first-order valence-corrected chi connectivity index (χ1v) is 20.8. The van der Waals surface area contributed by atoms with Gasteiger partial charge >= 0.3 is 0 Å². The van der Waals surface area contributed by atoms with Crippen LogP contribution in [0.4, 0.5) is 0 Å². The van der Waals surface area contributed by atoms with Crippen LogP contribution in [0.25, 0.3) is 11.3 Å². The Morgan fingerprint density at radius 2 is 1.57 bits per heavy atom. The van der Waals surface area contributed by atoms with Crippen molar-refractivity contribution in [3.63, 3.8) is 0 Å². The number of rotatable bonds is 10. The summed E-state index contributed by atoms with van der Waals surface area (Å²) in [4.78, 5) is 2.26. The van der Waals surface area contributed by atoms with Crippen molar-refractivity contribution in [2.24, 2.45) is 0 Å². The summed E-state index contributed by atoms with van der Waals surface area (Å²) in [5.41, 5.74) is 7.39. The lowest BCUT2D eigenvalue weighted by Gasteiger charge is -2.41. The third kappa shape index (κ3) is 9.47. The summed E-state index contributed by atoms with van der Waals surface area (Å²) in [5, 5.41) is 9.74. The van der Waals surface area contributed by atoms with Gasteiger partial charge in [0.15, 0.2) is 0 Å². The van der Waals surface area contributed by atoms with Crippen molar-refractivity contribution in [2.75, 3.05) is 43.9 Å². The van der Waals surface area contributed by atoms with Gasteiger partial charge in [-0.3, -0.25) is 13.8 Å². The molecule has 1 saturated heterocycles. The predicted octanol–water partition coefficient (Wildman–Crippen LogP) is 6.32. The molecular formula is C36H41Cl2N5O4S2. The molecular weight excluding hydrogens is 701 g/mol. The highest BCUT2D eigenvalue weighted by molar-refractivity contribution is 8.24. The molecule has 9 nitrogen and oxygen atoms in total. The highest BCUT2D eigenvalue weighted by atomic mass is 35.5. The number of nitrogens with one attached hydrogen (secondary N) is 1. The van der Waals surface area contributed by atoms with Gasteiger partial charge < -0.3 is 10.2 Å². The third-order valence-electron chi connectivity index (χ3n) is 8.99. The number of hydrogen-bond acceptors (Lipinski definition) is 7. The van der Waals surface area contributed by atoms with Crippen molar-refractivity contribution in [3.05, 3.63) is 110 Å². The van der Waals surface area contributed by atoms with Gasteiger partial charge in [0.1, 0.15) is 0 Å². The summed E-state index contributed by atoms with van der Waals surface area (Å²) in [6, 6.07) is 21.6. The zero-order valence-electron chi connectivity index (χ0n) is 27.4. The van der Waals surface area contributed by atoms with Gasteiger partial charge in [0.05, 0.1) is 28.5 Å². The van der Waals surface area contributed by atoms with Crippen LogP contribution in [0.2, 0.25) is 10.0 Å². The molecule has 3 N–H and O–H groups in total. The van der Waals surface area contributed by atoms with Crippen molar-refractivity contribution in [1.82, 2.24) is 24.3 Å². The van der Waals surface area contributed by atoms with Crippen LogP contribution in [-0.4, -0.2) is 80.4 Å². The second kappa shape index (κ2) is 15.6. The molecule has 3 aromatic carbocycles. The molecule has 0 spiro atoms. The van der Waals surface area contributed by atoms with Crippen molar-refractivity contribution in [3.8, 4) is 23.1 Å². The molecule has 0 unspecified atom stereocenters. The van der Waals surface area contributed by atoms with E-state index in [1.165, 1.54) is 16.1 Å². The van der Waals surface area contributed by atoms with E-state index in [0.717, 1.165) is 64.7 Å². The van der Waals surface area contributed by atoms with E-state index in [1.54, 1.807) is 0 Å². The fraction of sp³-hybridized carbons (Fsp3) is 0.361. The van der Waals surface area contributed by atoms with Crippen LogP contribution in [-0.2, 0) is 42.6 Å². The average molecular weight is 743 g/mol. The van der Waals surface area contributed by atoms with E-state index in [9.17, 15) is 17.5 Å². The lowest BCUT2D eigenvalue weighted by molar-refractivity contribution is 0.274. The zero-order valence-corrected chi connectivity index (χ0v) is 30.6. The third-order valence-corrected chi connectivity index (χ3v) is 12.5. The van der Waals surface area contributed by atoms with Gasteiger partial charge in [0.2, 0.25) is 10.0 Å². The van der Waals surface area contributed by atoms with E-state index in [1.807, 2.05) is 59.3 Å². The minimum absolute atomic E-state index is 0.262. The van der Waals surface area contributed by atoms with Crippen molar-refractivity contribution < 1.29 is 17.5 Å². The molecule has 0 radical (unpaired) electrons. The fourth-order valence-corrected chi connectivity index (χ4v) is 8.55. The van der Waals surface area contributed by atoms with Gasteiger partial charge in [0.25, 0.3) is 0 Å². The molecule has 0 bridgehead atoms. The van der Waals surface area contributed by atoms with Gasteiger partial charge in [-0.15, -0.1) is 0 Å². The zero-order chi connectivity index (χ0) is 34.6.